The molecule has 0 radical (unpaired) electrons. The van der Waals surface area contributed by atoms with Crippen molar-refractivity contribution in [3.63, 3.8) is 0 Å². The van der Waals surface area contributed by atoms with Gasteiger partial charge in [0, 0.05) is 35.5 Å². The third kappa shape index (κ3) is 2.95. The van der Waals surface area contributed by atoms with Gasteiger partial charge >= 0.3 is 0 Å². The minimum Gasteiger partial charge on any atom is -0.250 e. The number of nitrogens with zero attached hydrogens (tertiary/aromatic N) is 2. The van der Waals surface area contributed by atoms with Gasteiger partial charge in [0.15, 0.2) is 0 Å². The Balaban J connectivity index is 1.79. The molecule has 0 bridgehead atoms. The predicted molar refractivity (Wildman–Crippen MR) is 81.8 cm³/mol. The molecule has 1 fully saturated rings. The van der Waals surface area contributed by atoms with E-state index in [0.29, 0.717) is 17.2 Å². The summed E-state index contributed by atoms with van der Waals surface area (Å²) in [6.45, 7) is 2.46. The van der Waals surface area contributed by atoms with Crippen molar-refractivity contribution in [1.82, 2.24) is 9.29 Å². The largest absolute Gasteiger partial charge is 0.252 e. The molecule has 1 aliphatic rings. The van der Waals surface area contributed by atoms with Crippen LogP contribution in [0, 0.1) is 6.92 Å². The first-order valence-corrected chi connectivity index (χ1v) is 9.67. The van der Waals surface area contributed by atoms with Gasteiger partial charge in [0.1, 0.15) is 4.21 Å². The Hall–Kier alpha value is -0.760. The number of thiazole rings is 1. The van der Waals surface area contributed by atoms with Gasteiger partial charge in [0.25, 0.3) is 10.0 Å². The van der Waals surface area contributed by atoms with Crippen LogP contribution < -0.4 is 0 Å². The molecule has 0 amide bonds. The van der Waals surface area contributed by atoms with Gasteiger partial charge in [0.2, 0.25) is 0 Å². The highest BCUT2D eigenvalue weighted by atomic mass is 32.2. The Morgan fingerprint density at radius 1 is 1.40 bits per heavy atom. The molecule has 20 heavy (non-hydrogen) atoms. The summed E-state index contributed by atoms with van der Waals surface area (Å²) < 4.78 is 27.5. The van der Waals surface area contributed by atoms with Crippen LogP contribution in [0.3, 0.4) is 0 Å². The minimum atomic E-state index is -3.34. The number of thiophene rings is 1. The fourth-order valence-corrected chi connectivity index (χ4v) is 5.82. The van der Waals surface area contributed by atoms with Crippen LogP contribution in [0.5, 0.6) is 0 Å². The van der Waals surface area contributed by atoms with E-state index in [1.807, 2.05) is 18.4 Å². The maximum Gasteiger partial charge on any atom is 0.252 e. The predicted octanol–water partition coefficient (Wildman–Crippen LogP) is 2.91. The molecule has 2 heterocycles. The lowest BCUT2D eigenvalue weighted by atomic mass is 10.4. The Morgan fingerprint density at radius 2 is 2.20 bits per heavy atom. The number of rotatable bonds is 6. The first kappa shape index (κ1) is 14.2. The lowest BCUT2D eigenvalue weighted by molar-refractivity contribution is 0.408. The number of hydrogen-bond acceptors (Lipinski definition) is 5. The van der Waals surface area contributed by atoms with Crippen molar-refractivity contribution in [1.29, 1.82) is 0 Å². The molecule has 4 nitrogen and oxygen atoms in total. The van der Waals surface area contributed by atoms with Crippen LogP contribution in [0.1, 0.15) is 22.7 Å². The number of hydrogen-bond donors (Lipinski definition) is 0. The van der Waals surface area contributed by atoms with Gasteiger partial charge in [-0.05, 0) is 31.9 Å². The maximum absolute atomic E-state index is 12.7. The van der Waals surface area contributed by atoms with Gasteiger partial charge in [-0.15, -0.1) is 22.7 Å². The molecule has 0 unspecified atom stereocenters. The van der Waals surface area contributed by atoms with E-state index in [1.165, 1.54) is 11.3 Å². The van der Waals surface area contributed by atoms with Crippen molar-refractivity contribution < 1.29 is 8.42 Å². The van der Waals surface area contributed by atoms with Crippen molar-refractivity contribution in [3.8, 4) is 0 Å². The monoisotopic (exact) mass is 328 g/mol. The van der Waals surface area contributed by atoms with E-state index >= 15 is 0 Å². The summed E-state index contributed by atoms with van der Waals surface area (Å²) in [7, 11) is -3.34. The van der Waals surface area contributed by atoms with Gasteiger partial charge in [-0.2, -0.15) is 4.31 Å². The van der Waals surface area contributed by atoms with Gasteiger partial charge in [-0.1, -0.05) is 0 Å². The van der Waals surface area contributed by atoms with E-state index in [-0.39, 0.29) is 6.04 Å². The number of sulfonamides is 1. The summed E-state index contributed by atoms with van der Waals surface area (Å²) in [6.07, 6.45) is 4.40. The van der Waals surface area contributed by atoms with Crippen LogP contribution in [0.2, 0.25) is 0 Å². The third-order valence-corrected chi connectivity index (χ3v) is 7.52. The van der Waals surface area contributed by atoms with E-state index < -0.39 is 10.0 Å². The fraction of sp³-hybridized carbons (Fsp3) is 0.462. The first-order chi connectivity index (χ1) is 9.57. The molecule has 1 saturated carbocycles. The summed E-state index contributed by atoms with van der Waals surface area (Å²) in [6, 6.07) is 3.76. The zero-order valence-electron chi connectivity index (χ0n) is 11.2. The topological polar surface area (TPSA) is 50.3 Å². The lowest BCUT2D eigenvalue weighted by Gasteiger charge is -2.20. The van der Waals surface area contributed by atoms with Crippen LogP contribution in [0.25, 0.3) is 0 Å². The molecule has 0 saturated heterocycles. The molecule has 7 heteroatoms. The van der Waals surface area contributed by atoms with Crippen molar-refractivity contribution in [2.24, 2.45) is 0 Å². The summed E-state index contributed by atoms with van der Waals surface area (Å²) >= 11 is 2.93. The molecular weight excluding hydrogens is 312 g/mol. The van der Waals surface area contributed by atoms with Gasteiger partial charge in [-0.3, -0.25) is 0 Å². The second kappa shape index (κ2) is 5.55. The van der Waals surface area contributed by atoms with Gasteiger partial charge in [0.05, 0.1) is 5.01 Å². The zero-order valence-corrected chi connectivity index (χ0v) is 13.6. The van der Waals surface area contributed by atoms with Gasteiger partial charge in [-0.25, -0.2) is 13.4 Å². The third-order valence-electron chi connectivity index (χ3n) is 3.26. The highest BCUT2D eigenvalue weighted by molar-refractivity contribution is 7.91. The van der Waals surface area contributed by atoms with E-state index in [4.69, 9.17) is 0 Å². The van der Waals surface area contributed by atoms with Crippen molar-refractivity contribution in [3.05, 3.63) is 33.6 Å². The second-order valence-corrected chi connectivity index (χ2v) is 9.27. The van der Waals surface area contributed by atoms with Crippen LogP contribution in [0.4, 0.5) is 0 Å². The van der Waals surface area contributed by atoms with Crippen molar-refractivity contribution >= 4 is 32.7 Å². The molecule has 2 aromatic heterocycles. The van der Waals surface area contributed by atoms with E-state index in [0.717, 1.165) is 22.7 Å². The Labute approximate surface area is 127 Å². The SMILES string of the molecule is Cc1ccc(S(=O)(=O)N(CCc2nccs2)C2CC2)s1. The normalized spacial score (nSPS) is 15.9. The quantitative estimate of drug-likeness (QED) is 0.819. The Bertz CT molecular complexity index is 672. The molecule has 2 aromatic rings. The highest BCUT2D eigenvalue weighted by Crippen LogP contribution is 2.34. The van der Waals surface area contributed by atoms with Crippen molar-refractivity contribution in [2.45, 2.75) is 36.4 Å². The molecule has 0 spiro atoms. The van der Waals surface area contributed by atoms with Gasteiger partial charge < -0.3 is 0 Å². The highest BCUT2D eigenvalue weighted by Gasteiger charge is 2.38. The summed E-state index contributed by atoms with van der Waals surface area (Å²) in [5.41, 5.74) is 0. The van der Waals surface area contributed by atoms with E-state index in [2.05, 4.69) is 4.98 Å². The zero-order chi connectivity index (χ0) is 14.2. The molecule has 0 aromatic carbocycles. The van der Waals surface area contributed by atoms with E-state index in [1.54, 1.807) is 27.9 Å². The molecular formula is C13H16N2O2S3. The first-order valence-electron chi connectivity index (χ1n) is 6.54. The average molecular weight is 328 g/mol. The average Bonchev–Trinajstić information content (AvgIpc) is 2.90. The second-order valence-electron chi connectivity index (χ2n) is 4.89. The van der Waals surface area contributed by atoms with Crippen LogP contribution >= 0.6 is 22.7 Å². The minimum absolute atomic E-state index is 0.183. The molecule has 108 valence electrons. The smallest absolute Gasteiger partial charge is 0.250 e. The van der Waals surface area contributed by atoms with Crippen LogP contribution in [-0.4, -0.2) is 30.3 Å². The molecule has 0 aliphatic heterocycles. The number of aryl methyl sites for hydroxylation is 1. The molecule has 3 rings (SSSR count). The molecule has 1 aliphatic carbocycles. The molecule has 0 atom stereocenters. The van der Waals surface area contributed by atoms with Crippen LogP contribution in [-0.2, 0) is 16.4 Å². The maximum atomic E-state index is 12.7. The Kier molecular flexibility index (Phi) is 3.94. The summed E-state index contributed by atoms with van der Waals surface area (Å²) in [5, 5.41) is 2.92. The van der Waals surface area contributed by atoms with Crippen LogP contribution in [0.15, 0.2) is 27.9 Å². The standard InChI is InChI=1S/C13H16N2O2S3/c1-10-2-5-13(19-10)20(16,17)15(11-3-4-11)8-6-12-14-7-9-18-12/h2,5,7,9,11H,3-4,6,8H2,1H3. The molecule has 0 N–H and O–H groups in total. The lowest BCUT2D eigenvalue weighted by Crippen LogP contribution is -2.34. The van der Waals surface area contributed by atoms with Crippen molar-refractivity contribution in [2.75, 3.05) is 6.54 Å². The Morgan fingerprint density at radius 3 is 2.75 bits per heavy atom. The summed E-state index contributed by atoms with van der Waals surface area (Å²) in [4.78, 5) is 5.25. The van der Waals surface area contributed by atoms with E-state index in [9.17, 15) is 8.42 Å². The fourth-order valence-electron chi connectivity index (χ4n) is 2.11. The number of aromatic nitrogens is 1. The summed E-state index contributed by atoms with van der Waals surface area (Å²) in [5.74, 6) is 0.